The number of amides is 2. The number of rotatable bonds is 6. The highest BCUT2D eigenvalue weighted by atomic mass is 16.2. The maximum atomic E-state index is 13.0. The van der Waals surface area contributed by atoms with Crippen molar-refractivity contribution < 1.29 is 9.59 Å². The highest BCUT2D eigenvalue weighted by molar-refractivity contribution is 6.06. The lowest BCUT2D eigenvalue weighted by Gasteiger charge is -2.12. The number of carbonyl (C=O) groups is 2. The van der Waals surface area contributed by atoms with Gasteiger partial charge in [0.05, 0.1) is 28.8 Å². The number of hydrogen-bond donors (Lipinski definition) is 3. The van der Waals surface area contributed by atoms with Crippen molar-refractivity contribution in [2.75, 3.05) is 23.7 Å². The smallest absolute Gasteiger partial charge is 0.238 e. The van der Waals surface area contributed by atoms with Crippen molar-refractivity contribution in [2.24, 2.45) is 0 Å². The number of fused-ring (bicyclic) bond motifs is 2. The lowest BCUT2D eigenvalue weighted by molar-refractivity contribution is -0.119. The molecule has 1 fully saturated rings. The van der Waals surface area contributed by atoms with Gasteiger partial charge in [-0.05, 0) is 36.6 Å². The zero-order chi connectivity index (χ0) is 22.9. The van der Waals surface area contributed by atoms with E-state index in [1.165, 1.54) is 19.8 Å². The summed E-state index contributed by atoms with van der Waals surface area (Å²) in [5.41, 5.74) is 2.95. The number of aromatic nitrogens is 4. The van der Waals surface area contributed by atoms with Crippen LogP contribution in [0.25, 0.3) is 11.0 Å². The first-order valence-corrected chi connectivity index (χ1v) is 11.1. The average molecular weight is 444 g/mol. The second-order valence-electron chi connectivity index (χ2n) is 8.46. The van der Waals surface area contributed by atoms with Gasteiger partial charge in [-0.2, -0.15) is 15.3 Å². The summed E-state index contributed by atoms with van der Waals surface area (Å²) in [5, 5.41) is 23.6. The topological polar surface area (TPSA) is 138 Å². The van der Waals surface area contributed by atoms with Crippen LogP contribution in [0.5, 0.6) is 0 Å². The SMILES string of the molecule is CC(=O)NCCNc1nc(C2C(=O)Nc3ccc(C#N)cc32)c2cn(C3CCCC3)nc2n1. The van der Waals surface area contributed by atoms with Gasteiger partial charge in [0.2, 0.25) is 17.8 Å². The molecule has 0 spiro atoms. The summed E-state index contributed by atoms with van der Waals surface area (Å²) in [6.07, 6.45) is 6.42. The summed E-state index contributed by atoms with van der Waals surface area (Å²) in [4.78, 5) is 33.5. The molecule has 3 aromatic rings. The predicted molar refractivity (Wildman–Crippen MR) is 122 cm³/mol. The zero-order valence-corrected chi connectivity index (χ0v) is 18.3. The highest BCUT2D eigenvalue weighted by Gasteiger charge is 2.36. The lowest BCUT2D eigenvalue weighted by atomic mass is 9.94. The summed E-state index contributed by atoms with van der Waals surface area (Å²) in [7, 11) is 0. The van der Waals surface area contributed by atoms with E-state index in [9.17, 15) is 14.9 Å². The van der Waals surface area contributed by atoms with Gasteiger partial charge in [-0.1, -0.05) is 12.8 Å². The van der Waals surface area contributed by atoms with Crippen LogP contribution in [0.3, 0.4) is 0 Å². The molecule has 3 N–H and O–H groups in total. The Morgan fingerprint density at radius 3 is 2.85 bits per heavy atom. The third-order valence-electron chi connectivity index (χ3n) is 6.19. The Bertz CT molecular complexity index is 1290. The fraction of sp³-hybridized carbons (Fsp3) is 0.391. The summed E-state index contributed by atoms with van der Waals surface area (Å²) in [6, 6.07) is 7.63. The molecule has 0 radical (unpaired) electrons. The van der Waals surface area contributed by atoms with Crippen molar-refractivity contribution in [3.8, 4) is 6.07 Å². The Hall–Kier alpha value is -4.00. The predicted octanol–water partition coefficient (Wildman–Crippen LogP) is 2.45. The Morgan fingerprint density at radius 1 is 1.27 bits per heavy atom. The van der Waals surface area contributed by atoms with Crippen LogP contribution in [-0.2, 0) is 9.59 Å². The van der Waals surface area contributed by atoms with Crippen molar-refractivity contribution in [1.82, 2.24) is 25.1 Å². The maximum Gasteiger partial charge on any atom is 0.238 e. The van der Waals surface area contributed by atoms with Gasteiger partial charge in [0, 0.05) is 31.9 Å². The monoisotopic (exact) mass is 444 g/mol. The van der Waals surface area contributed by atoms with Gasteiger partial charge in [0.25, 0.3) is 0 Å². The molecule has 5 rings (SSSR count). The van der Waals surface area contributed by atoms with Crippen molar-refractivity contribution in [3.63, 3.8) is 0 Å². The molecular formula is C23H24N8O2. The van der Waals surface area contributed by atoms with Gasteiger partial charge in [-0.15, -0.1) is 0 Å². The highest BCUT2D eigenvalue weighted by Crippen LogP contribution is 2.40. The second kappa shape index (κ2) is 8.50. The quantitative estimate of drug-likeness (QED) is 0.497. The maximum absolute atomic E-state index is 13.0. The fourth-order valence-corrected chi connectivity index (χ4v) is 4.62. The molecule has 2 aliphatic rings. The molecule has 3 heterocycles. The summed E-state index contributed by atoms with van der Waals surface area (Å²) >= 11 is 0. The molecule has 10 nitrogen and oxygen atoms in total. The van der Waals surface area contributed by atoms with Crippen molar-refractivity contribution in [1.29, 1.82) is 5.26 Å². The largest absolute Gasteiger partial charge is 0.355 e. The molecule has 1 saturated carbocycles. The van der Waals surface area contributed by atoms with Crippen LogP contribution in [-0.4, -0.2) is 44.7 Å². The molecule has 1 aliphatic carbocycles. The number of nitrogens with one attached hydrogen (secondary N) is 3. The molecule has 1 unspecified atom stereocenters. The minimum atomic E-state index is -0.670. The van der Waals surface area contributed by atoms with Gasteiger partial charge < -0.3 is 16.0 Å². The first-order chi connectivity index (χ1) is 16.0. The number of nitriles is 1. The molecule has 33 heavy (non-hydrogen) atoms. The van der Waals surface area contributed by atoms with E-state index >= 15 is 0 Å². The molecule has 168 valence electrons. The van der Waals surface area contributed by atoms with E-state index < -0.39 is 5.92 Å². The molecule has 2 amide bonds. The number of nitrogens with zero attached hydrogens (tertiary/aromatic N) is 5. The van der Waals surface area contributed by atoms with Crippen molar-refractivity contribution in [3.05, 3.63) is 41.2 Å². The summed E-state index contributed by atoms with van der Waals surface area (Å²) < 4.78 is 1.95. The molecule has 2 aromatic heterocycles. The van der Waals surface area contributed by atoms with E-state index in [1.54, 1.807) is 18.2 Å². The third-order valence-corrected chi connectivity index (χ3v) is 6.19. The van der Waals surface area contributed by atoms with Crippen molar-refractivity contribution in [2.45, 2.75) is 44.6 Å². The van der Waals surface area contributed by atoms with Crippen LogP contribution in [0.15, 0.2) is 24.4 Å². The molecule has 1 aliphatic heterocycles. The average Bonchev–Trinajstić information content (AvgIpc) is 3.53. The number of benzene rings is 1. The number of anilines is 2. The Balaban J connectivity index is 1.58. The Morgan fingerprint density at radius 2 is 2.09 bits per heavy atom. The lowest BCUT2D eigenvalue weighted by Crippen LogP contribution is -2.27. The van der Waals surface area contributed by atoms with E-state index in [4.69, 9.17) is 10.1 Å². The van der Waals surface area contributed by atoms with Gasteiger partial charge >= 0.3 is 0 Å². The van der Waals surface area contributed by atoms with Crippen LogP contribution in [0.1, 0.15) is 61.4 Å². The van der Waals surface area contributed by atoms with Crippen LogP contribution in [0.2, 0.25) is 0 Å². The molecule has 1 aromatic carbocycles. The standard InChI is InChI=1S/C23H24N8O2/c1-13(32)25-8-9-26-23-28-20(17-12-31(30-21(17)29-23)15-4-2-3-5-15)19-16-10-14(11-24)6-7-18(16)27-22(19)33/h6-7,10,12,15,19H,2-5,8-9H2,1H3,(H,25,32)(H,27,33)(H,26,29,30). The molecule has 0 saturated heterocycles. The van der Waals surface area contributed by atoms with Crippen LogP contribution in [0.4, 0.5) is 11.6 Å². The van der Waals surface area contributed by atoms with E-state index in [1.807, 2.05) is 10.9 Å². The number of carbonyl (C=O) groups excluding carboxylic acids is 2. The normalized spacial score (nSPS) is 17.6. The van der Waals surface area contributed by atoms with Crippen molar-refractivity contribution >= 4 is 34.5 Å². The van der Waals surface area contributed by atoms with Gasteiger partial charge in [-0.25, -0.2) is 4.98 Å². The summed E-state index contributed by atoms with van der Waals surface area (Å²) in [6.45, 7) is 2.31. The third kappa shape index (κ3) is 3.98. The second-order valence-corrected chi connectivity index (χ2v) is 8.46. The van der Waals surface area contributed by atoms with Gasteiger partial charge in [0.1, 0.15) is 5.92 Å². The van der Waals surface area contributed by atoms with E-state index in [0.29, 0.717) is 47.7 Å². The minimum absolute atomic E-state index is 0.114. The summed E-state index contributed by atoms with van der Waals surface area (Å²) in [5.74, 6) is -0.636. The fourth-order valence-electron chi connectivity index (χ4n) is 4.62. The number of hydrogen-bond acceptors (Lipinski definition) is 7. The van der Waals surface area contributed by atoms with Crippen LogP contribution in [0, 0.1) is 11.3 Å². The Labute approximate surface area is 190 Å². The van der Waals surface area contributed by atoms with E-state index in [2.05, 4.69) is 27.0 Å². The van der Waals surface area contributed by atoms with E-state index in [-0.39, 0.29) is 11.8 Å². The molecule has 0 bridgehead atoms. The molecular weight excluding hydrogens is 420 g/mol. The minimum Gasteiger partial charge on any atom is -0.355 e. The van der Waals surface area contributed by atoms with Crippen LogP contribution < -0.4 is 16.0 Å². The van der Waals surface area contributed by atoms with Gasteiger partial charge in [-0.3, -0.25) is 14.3 Å². The Kier molecular flexibility index (Phi) is 5.38. The van der Waals surface area contributed by atoms with Crippen LogP contribution >= 0.6 is 0 Å². The van der Waals surface area contributed by atoms with E-state index in [0.717, 1.165) is 23.8 Å². The molecule has 10 heteroatoms. The first kappa shape index (κ1) is 20.9. The van der Waals surface area contributed by atoms with Gasteiger partial charge in [0.15, 0.2) is 5.65 Å². The zero-order valence-electron chi connectivity index (χ0n) is 18.3. The first-order valence-electron chi connectivity index (χ1n) is 11.1. The molecule has 1 atom stereocenters.